The fourth-order valence-electron chi connectivity index (χ4n) is 2.94. The lowest BCUT2D eigenvalue weighted by Gasteiger charge is -2.07. The van der Waals surface area contributed by atoms with Crippen LogP contribution in [0.3, 0.4) is 0 Å². The van der Waals surface area contributed by atoms with E-state index in [9.17, 15) is 13.2 Å². The highest BCUT2D eigenvalue weighted by Gasteiger charge is 2.30. The number of benzene rings is 1. The molecule has 4 rings (SSSR count). The molecule has 0 radical (unpaired) electrons. The van der Waals surface area contributed by atoms with Gasteiger partial charge >= 0.3 is 5.69 Å². The Bertz CT molecular complexity index is 1130. The van der Waals surface area contributed by atoms with Crippen molar-refractivity contribution < 1.29 is 13.2 Å². The van der Waals surface area contributed by atoms with Gasteiger partial charge in [0.1, 0.15) is 5.75 Å². The quantitative estimate of drug-likeness (QED) is 0.602. The van der Waals surface area contributed by atoms with Crippen LogP contribution in [0.25, 0.3) is 10.7 Å². The van der Waals surface area contributed by atoms with Crippen LogP contribution in [0.5, 0.6) is 5.75 Å². The van der Waals surface area contributed by atoms with E-state index in [1.807, 2.05) is 17.5 Å². The van der Waals surface area contributed by atoms with E-state index in [1.165, 1.54) is 35.3 Å². The summed E-state index contributed by atoms with van der Waals surface area (Å²) in [6.07, 6.45) is 1.93. The molecule has 1 saturated carbocycles. The molecule has 2 aromatic heterocycles. The van der Waals surface area contributed by atoms with Crippen LogP contribution in [0.4, 0.5) is 0 Å². The normalized spacial score (nSPS) is 14.3. The average molecular weight is 421 g/mol. The van der Waals surface area contributed by atoms with Crippen molar-refractivity contribution in [1.82, 2.24) is 19.1 Å². The lowest BCUT2D eigenvalue weighted by molar-refractivity contribution is 0.413. The molecule has 1 aliphatic carbocycles. The first-order valence-corrected chi connectivity index (χ1v) is 11.2. The van der Waals surface area contributed by atoms with Crippen LogP contribution in [0.1, 0.15) is 18.9 Å². The number of nitrogens with one attached hydrogen (secondary N) is 1. The van der Waals surface area contributed by atoms with E-state index in [4.69, 9.17) is 4.74 Å². The van der Waals surface area contributed by atoms with Gasteiger partial charge in [0.15, 0.2) is 5.82 Å². The van der Waals surface area contributed by atoms with Crippen molar-refractivity contribution in [2.75, 3.05) is 13.7 Å². The van der Waals surface area contributed by atoms with Crippen LogP contribution in [0.15, 0.2) is 51.5 Å². The molecule has 0 unspecified atom stereocenters. The number of ether oxygens (including phenoxy) is 1. The number of aromatic nitrogens is 3. The zero-order valence-corrected chi connectivity index (χ0v) is 16.9. The summed E-state index contributed by atoms with van der Waals surface area (Å²) in [4.78, 5) is 13.8. The Morgan fingerprint density at radius 1 is 1.29 bits per heavy atom. The maximum Gasteiger partial charge on any atom is 0.346 e. The molecule has 3 aromatic rings. The molecule has 148 valence electrons. The van der Waals surface area contributed by atoms with E-state index in [-0.39, 0.29) is 29.7 Å². The summed E-state index contributed by atoms with van der Waals surface area (Å²) in [5.41, 5.74) is -0.202. The van der Waals surface area contributed by atoms with Gasteiger partial charge in [0, 0.05) is 18.7 Å². The van der Waals surface area contributed by atoms with E-state index < -0.39 is 10.0 Å². The van der Waals surface area contributed by atoms with Crippen molar-refractivity contribution >= 4 is 21.4 Å². The molecule has 0 aliphatic heterocycles. The molecule has 0 spiro atoms. The minimum Gasteiger partial charge on any atom is -0.497 e. The van der Waals surface area contributed by atoms with Crippen molar-refractivity contribution in [2.45, 2.75) is 30.3 Å². The second-order valence-corrected chi connectivity index (χ2v) is 9.20. The molecule has 0 saturated heterocycles. The molecule has 28 heavy (non-hydrogen) atoms. The monoisotopic (exact) mass is 420 g/mol. The molecule has 1 aliphatic rings. The summed E-state index contributed by atoms with van der Waals surface area (Å²) in [6.45, 7) is 0.213. The van der Waals surface area contributed by atoms with Crippen molar-refractivity contribution in [1.29, 1.82) is 0 Å². The summed E-state index contributed by atoms with van der Waals surface area (Å²) < 4.78 is 35.6. The third-order valence-corrected chi connectivity index (χ3v) is 6.82. The molecule has 0 amide bonds. The van der Waals surface area contributed by atoms with Gasteiger partial charge in [-0.2, -0.15) is 0 Å². The maximum absolute atomic E-state index is 12.7. The molecule has 1 fully saturated rings. The SMILES string of the molecule is COc1cccc(S(=O)(=O)NCCn2nc(-c3cccs3)n(C3CC3)c2=O)c1. The Hall–Kier alpha value is -2.43. The van der Waals surface area contributed by atoms with Gasteiger partial charge in [-0.25, -0.2) is 22.6 Å². The Balaban J connectivity index is 1.51. The highest BCUT2D eigenvalue weighted by Crippen LogP contribution is 2.37. The van der Waals surface area contributed by atoms with Crippen LogP contribution in [0, 0.1) is 0 Å². The summed E-state index contributed by atoms with van der Waals surface area (Å²) >= 11 is 1.53. The summed E-state index contributed by atoms with van der Waals surface area (Å²) in [7, 11) is -2.23. The minimum absolute atomic E-state index is 0.0605. The maximum atomic E-state index is 12.7. The lowest BCUT2D eigenvalue weighted by atomic mass is 10.3. The van der Waals surface area contributed by atoms with Crippen LogP contribution in [-0.4, -0.2) is 36.4 Å². The molecule has 1 aromatic carbocycles. The average Bonchev–Trinajstić information content (AvgIpc) is 3.27. The highest BCUT2D eigenvalue weighted by atomic mass is 32.2. The second kappa shape index (κ2) is 7.53. The van der Waals surface area contributed by atoms with E-state index in [1.54, 1.807) is 16.7 Å². The zero-order chi connectivity index (χ0) is 19.7. The standard InChI is InChI=1S/C18H20N4O4S2/c1-26-14-4-2-5-15(12-14)28(24,25)19-9-10-21-18(23)22(13-7-8-13)17(20-21)16-6-3-11-27-16/h2-6,11-13,19H,7-10H2,1H3. The van der Waals surface area contributed by atoms with E-state index in [0.29, 0.717) is 11.6 Å². The van der Waals surface area contributed by atoms with Crippen molar-refractivity contribution in [3.05, 3.63) is 52.3 Å². The first kappa shape index (κ1) is 18.9. The van der Waals surface area contributed by atoms with E-state index in [2.05, 4.69) is 9.82 Å². The summed E-state index contributed by atoms with van der Waals surface area (Å²) in [5.74, 6) is 1.11. The van der Waals surface area contributed by atoms with Crippen molar-refractivity contribution in [2.24, 2.45) is 0 Å². The molecule has 10 heteroatoms. The smallest absolute Gasteiger partial charge is 0.346 e. The van der Waals surface area contributed by atoms with Gasteiger partial charge in [-0.05, 0) is 36.4 Å². The Morgan fingerprint density at radius 2 is 2.11 bits per heavy atom. The number of sulfonamides is 1. The molecule has 0 bridgehead atoms. The first-order chi connectivity index (χ1) is 13.5. The van der Waals surface area contributed by atoms with Crippen LogP contribution in [-0.2, 0) is 16.6 Å². The lowest BCUT2D eigenvalue weighted by Crippen LogP contribution is -2.32. The number of hydrogen-bond acceptors (Lipinski definition) is 6. The third kappa shape index (κ3) is 3.75. The predicted octanol–water partition coefficient (Wildman–Crippen LogP) is 2.10. The predicted molar refractivity (Wildman–Crippen MR) is 106 cm³/mol. The third-order valence-electron chi connectivity index (χ3n) is 4.49. The van der Waals surface area contributed by atoms with Gasteiger partial charge < -0.3 is 4.74 Å². The van der Waals surface area contributed by atoms with Gasteiger partial charge in [-0.3, -0.25) is 4.57 Å². The van der Waals surface area contributed by atoms with E-state index in [0.717, 1.165) is 17.7 Å². The summed E-state index contributed by atoms with van der Waals surface area (Å²) in [5, 5.41) is 6.40. The number of hydrogen-bond donors (Lipinski definition) is 1. The van der Waals surface area contributed by atoms with Gasteiger partial charge in [0.2, 0.25) is 10.0 Å². The fourth-order valence-corrected chi connectivity index (χ4v) is 4.70. The largest absolute Gasteiger partial charge is 0.497 e. The summed E-state index contributed by atoms with van der Waals surface area (Å²) in [6, 6.07) is 10.3. The molecule has 1 N–H and O–H groups in total. The number of nitrogens with zero attached hydrogens (tertiary/aromatic N) is 3. The number of rotatable bonds is 8. The Labute approximate surface area is 166 Å². The minimum atomic E-state index is -3.70. The first-order valence-electron chi connectivity index (χ1n) is 8.86. The molecular weight excluding hydrogens is 400 g/mol. The van der Waals surface area contributed by atoms with Crippen molar-refractivity contribution in [3.63, 3.8) is 0 Å². The van der Waals surface area contributed by atoms with Gasteiger partial charge in [0.05, 0.1) is 23.4 Å². The zero-order valence-electron chi connectivity index (χ0n) is 15.2. The molecule has 0 atom stereocenters. The highest BCUT2D eigenvalue weighted by molar-refractivity contribution is 7.89. The molecule has 8 nitrogen and oxygen atoms in total. The van der Waals surface area contributed by atoms with Gasteiger partial charge in [0.25, 0.3) is 0 Å². The van der Waals surface area contributed by atoms with Gasteiger partial charge in [-0.15, -0.1) is 16.4 Å². The molecule has 2 heterocycles. The van der Waals surface area contributed by atoms with E-state index >= 15 is 0 Å². The Morgan fingerprint density at radius 3 is 2.79 bits per heavy atom. The van der Waals surface area contributed by atoms with Crippen LogP contribution in [0.2, 0.25) is 0 Å². The topological polar surface area (TPSA) is 95.2 Å². The Kier molecular flexibility index (Phi) is 5.09. The fraction of sp³-hybridized carbons (Fsp3) is 0.333. The van der Waals surface area contributed by atoms with Gasteiger partial charge in [-0.1, -0.05) is 12.1 Å². The second-order valence-electron chi connectivity index (χ2n) is 6.48. The molecular formula is C18H20N4O4S2. The van der Waals surface area contributed by atoms with Crippen LogP contribution >= 0.6 is 11.3 Å². The number of methoxy groups -OCH3 is 1. The van der Waals surface area contributed by atoms with Crippen molar-refractivity contribution in [3.8, 4) is 16.5 Å². The van der Waals surface area contributed by atoms with Crippen LogP contribution < -0.4 is 15.1 Å². The number of thiophene rings is 1.